The number of nitrogens with one attached hydrogen (secondary N) is 1. The average molecular weight is 276 g/mol. The van der Waals surface area contributed by atoms with Gasteiger partial charge in [0.05, 0.1) is 12.5 Å². The molecule has 20 heavy (non-hydrogen) atoms. The van der Waals surface area contributed by atoms with E-state index < -0.39 is 6.04 Å². The van der Waals surface area contributed by atoms with Crippen LogP contribution in [0, 0.1) is 5.92 Å². The van der Waals surface area contributed by atoms with E-state index in [9.17, 15) is 9.59 Å². The zero-order valence-corrected chi connectivity index (χ0v) is 11.6. The van der Waals surface area contributed by atoms with Crippen LogP contribution in [0.2, 0.25) is 0 Å². The molecular formula is C15H18NO4. The molecule has 0 saturated heterocycles. The van der Waals surface area contributed by atoms with Gasteiger partial charge in [-0.3, -0.25) is 9.59 Å². The first-order chi connectivity index (χ1) is 9.58. The second-order valence-corrected chi connectivity index (χ2v) is 5.23. The zero-order valence-electron chi connectivity index (χ0n) is 11.6. The Hall–Kier alpha value is -2.04. The Morgan fingerprint density at radius 3 is 2.80 bits per heavy atom. The third-order valence-corrected chi connectivity index (χ3v) is 2.99. The Bertz CT molecular complexity index is 499. The van der Waals surface area contributed by atoms with Gasteiger partial charge in [-0.25, -0.2) is 0 Å². The second kappa shape index (κ2) is 6.41. The van der Waals surface area contributed by atoms with Crippen LogP contribution >= 0.6 is 0 Å². The van der Waals surface area contributed by atoms with Crippen LogP contribution in [0.1, 0.15) is 25.8 Å². The number of hydrogen-bond donors (Lipinski definition) is 1. The van der Waals surface area contributed by atoms with Gasteiger partial charge < -0.3 is 14.8 Å². The quantitative estimate of drug-likeness (QED) is 0.857. The van der Waals surface area contributed by atoms with Crippen molar-refractivity contribution in [1.82, 2.24) is 5.32 Å². The van der Waals surface area contributed by atoms with Crippen molar-refractivity contribution in [3.05, 3.63) is 23.8 Å². The molecule has 1 aromatic rings. The van der Waals surface area contributed by atoms with Gasteiger partial charge in [-0.1, -0.05) is 19.9 Å². The largest absolute Gasteiger partial charge is 0.454 e. The van der Waals surface area contributed by atoms with Crippen molar-refractivity contribution in [3.8, 4) is 11.5 Å². The van der Waals surface area contributed by atoms with Crippen molar-refractivity contribution in [1.29, 1.82) is 0 Å². The summed E-state index contributed by atoms with van der Waals surface area (Å²) >= 11 is 0. The fraction of sp³-hybridized carbons (Fsp3) is 0.467. The Labute approximate surface area is 118 Å². The van der Waals surface area contributed by atoms with Gasteiger partial charge in [0.15, 0.2) is 11.5 Å². The molecule has 1 radical (unpaired) electrons. The molecule has 1 heterocycles. The Morgan fingerprint density at radius 2 is 2.10 bits per heavy atom. The van der Waals surface area contributed by atoms with Gasteiger partial charge in [0.25, 0.3) is 0 Å². The standard InChI is InChI=1S/C15H18NO4/c1-10(2)5-12(8-17)16-15(18)7-11-3-4-13-14(6-11)20-9-19-13/h3-4,6,10,12H,5,7,9H2,1-2H3,(H,16,18)/t12-/m0/s1. The smallest absolute Gasteiger partial charge is 0.231 e. The van der Waals surface area contributed by atoms with Crippen molar-refractivity contribution < 1.29 is 19.1 Å². The minimum absolute atomic E-state index is 0.196. The molecule has 0 aromatic heterocycles. The number of rotatable bonds is 6. The number of ether oxygens (including phenoxy) is 2. The molecule has 0 spiro atoms. The van der Waals surface area contributed by atoms with Gasteiger partial charge in [-0.05, 0) is 30.0 Å². The summed E-state index contributed by atoms with van der Waals surface area (Å²) in [6, 6.07) is 4.83. The van der Waals surface area contributed by atoms with Gasteiger partial charge in [0, 0.05) is 0 Å². The number of fused-ring (bicyclic) bond motifs is 1. The van der Waals surface area contributed by atoms with E-state index in [1.54, 1.807) is 12.1 Å². The van der Waals surface area contributed by atoms with Crippen molar-refractivity contribution in [2.24, 2.45) is 5.92 Å². The van der Waals surface area contributed by atoms with Crippen LogP contribution in [0.4, 0.5) is 0 Å². The zero-order chi connectivity index (χ0) is 14.5. The van der Waals surface area contributed by atoms with Gasteiger partial charge in [0.2, 0.25) is 19.0 Å². The van der Waals surface area contributed by atoms with Crippen LogP contribution in [-0.4, -0.2) is 25.0 Å². The van der Waals surface area contributed by atoms with Crippen LogP contribution in [-0.2, 0) is 16.0 Å². The lowest BCUT2D eigenvalue weighted by Gasteiger charge is -2.14. The molecule has 5 nitrogen and oxygen atoms in total. The summed E-state index contributed by atoms with van der Waals surface area (Å²) in [5.74, 6) is 1.47. The van der Waals surface area contributed by atoms with E-state index >= 15 is 0 Å². The molecule has 1 aromatic carbocycles. The average Bonchev–Trinajstić information content (AvgIpc) is 2.84. The van der Waals surface area contributed by atoms with Gasteiger partial charge in [-0.15, -0.1) is 0 Å². The molecule has 5 heteroatoms. The summed E-state index contributed by atoms with van der Waals surface area (Å²) in [5.41, 5.74) is 0.820. The maximum atomic E-state index is 11.9. The van der Waals surface area contributed by atoms with Crippen LogP contribution < -0.4 is 14.8 Å². The van der Waals surface area contributed by atoms with E-state index in [-0.39, 0.29) is 19.1 Å². The Balaban J connectivity index is 1.92. The first kappa shape index (κ1) is 14.4. The molecule has 1 atom stereocenters. The topological polar surface area (TPSA) is 64.6 Å². The molecule has 0 bridgehead atoms. The fourth-order valence-corrected chi connectivity index (χ4v) is 2.09. The third-order valence-electron chi connectivity index (χ3n) is 2.99. The van der Waals surface area contributed by atoms with Gasteiger partial charge in [0.1, 0.15) is 0 Å². The SMILES string of the molecule is CC(C)C[C@@H]([C]=O)NC(=O)Cc1ccc2c(c1)OCO2. The summed E-state index contributed by atoms with van der Waals surface area (Å²) in [7, 11) is 0. The second-order valence-electron chi connectivity index (χ2n) is 5.23. The molecule has 1 amide bonds. The summed E-state index contributed by atoms with van der Waals surface area (Å²) in [4.78, 5) is 22.7. The Kier molecular flexibility index (Phi) is 4.61. The Morgan fingerprint density at radius 1 is 1.35 bits per heavy atom. The molecule has 0 aliphatic carbocycles. The van der Waals surface area contributed by atoms with Crippen LogP contribution in [0.15, 0.2) is 18.2 Å². The normalized spacial score (nSPS) is 14.2. The number of carbonyl (C=O) groups is 1. The van der Waals surface area contributed by atoms with Crippen molar-refractivity contribution in [3.63, 3.8) is 0 Å². The molecule has 0 unspecified atom stereocenters. The highest BCUT2D eigenvalue weighted by Gasteiger charge is 2.17. The molecule has 1 aliphatic rings. The van der Waals surface area contributed by atoms with Gasteiger partial charge in [-0.2, -0.15) is 0 Å². The molecule has 0 fully saturated rings. The maximum Gasteiger partial charge on any atom is 0.231 e. The monoisotopic (exact) mass is 276 g/mol. The minimum Gasteiger partial charge on any atom is -0.454 e. The number of hydrogen-bond acceptors (Lipinski definition) is 4. The van der Waals surface area contributed by atoms with Crippen molar-refractivity contribution in [2.45, 2.75) is 32.7 Å². The summed E-state index contributed by atoms with van der Waals surface area (Å²) in [6.07, 6.45) is 2.66. The number of benzene rings is 1. The molecule has 2 rings (SSSR count). The van der Waals surface area contributed by atoms with E-state index in [0.29, 0.717) is 23.8 Å². The number of amides is 1. The van der Waals surface area contributed by atoms with Gasteiger partial charge >= 0.3 is 0 Å². The minimum atomic E-state index is -0.545. The first-order valence-electron chi connectivity index (χ1n) is 6.64. The lowest BCUT2D eigenvalue weighted by Crippen LogP contribution is -2.37. The molecule has 0 saturated carbocycles. The predicted molar refractivity (Wildman–Crippen MR) is 73.3 cm³/mol. The number of carbonyl (C=O) groups excluding carboxylic acids is 2. The molecular weight excluding hydrogens is 258 g/mol. The summed E-state index contributed by atoms with van der Waals surface area (Å²) in [5, 5.41) is 2.68. The predicted octanol–water partition coefficient (Wildman–Crippen LogP) is 1.60. The lowest BCUT2D eigenvalue weighted by atomic mass is 10.0. The van der Waals surface area contributed by atoms with Crippen LogP contribution in [0.5, 0.6) is 11.5 Å². The molecule has 1 N–H and O–H groups in total. The van der Waals surface area contributed by atoms with E-state index in [1.165, 1.54) is 0 Å². The van der Waals surface area contributed by atoms with Crippen molar-refractivity contribution in [2.75, 3.05) is 6.79 Å². The lowest BCUT2D eigenvalue weighted by molar-refractivity contribution is -0.120. The third kappa shape index (κ3) is 3.73. The molecule has 107 valence electrons. The highest BCUT2D eigenvalue weighted by molar-refractivity contribution is 5.82. The van der Waals surface area contributed by atoms with Crippen LogP contribution in [0.25, 0.3) is 0 Å². The van der Waals surface area contributed by atoms with E-state index in [1.807, 2.05) is 26.2 Å². The summed E-state index contributed by atoms with van der Waals surface area (Å²) in [6.45, 7) is 4.20. The van der Waals surface area contributed by atoms with E-state index in [2.05, 4.69) is 5.32 Å². The van der Waals surface area contributed by atoms with E-state index in [4.69, 9.17) is 9.47 Å². The maximum absolute atomic E-state index is 11.9. The molecule has 1 aliphatic heterocycles. The highest BCUT2D eigenvalue weighted by atomic mass is 16.7. The van der Waals surface area contributed by atoms with Crippen molar-refractivity contribution >= 4 is 12.2 Å². The fourth-order valence-electron chi connectivity index (χ4n) is 2.09. The van der Waals surface area contributed by atoms with Crippen LogP contribution in [0.3, 0.4) is 0 Å². The highest BCUT2D eigenvalue weighted by Crippen LogP contribution is 2.32. The summed E-state index contributed by atoms with van der Waals surface area (Å²) < 4.78 is 10.5. The first-order valence-corrected chi connectivity index (χ1v) is 6.64. The van der Waals surface area contributed by atoms with E-state index in [0.717, 1.165) is 5.56 Å².